The molecule has 1 fully saturated rings. The van der Waals surface area contributed by atoms with Crippen molar-refractivity contribution >= 4 is 33.5 Å². The summed E-state index contributed by atoms with van der Waals surface area (Å²) in [6, 6.07) is 23.0. The molecule has 0 aliphatic carbocycles. The molecule has 6 aromatic rings. The van der Waals surface area contributed by atoms with Gasteiger partial charge in [-0.25, -0.2) is 9.97 Å². The van der Waals surface area contributed by atoms with Crippen LogP contribution in [0.3, 0.4) is 0 Å². The summed E-state index contributed by atoms with van der Waals surface area (Å²) in [7, 11) is 0. The number of anilines is 2. The number of aliphatic hydroxyl groups is 1. The minimum atomic E-state index is 0.195. The molecular weight excluding hydrogens is 621 g/mol. The quantitative estimate of drug-likeness (QED) is 0.149. The lowest BCUT2D eigenvalue weighted by Crippen LogP contribution is -2.32. The van der Waals surface area contributed by atoms with Crippen LogP contribution in [-0.4, -0.2) is 44.7 Å². The average Bonchev–Trinajstić information content (AvgIpc) is 3.56. The predicted octanol–water partition coefficient (Wildman–Crippen LogP) is 9.13. The van der Waals surface area contributed by atoms with Crippen molar-refractivity contribution in [2.45, 2.75) is 59.9 Å². The molecule has 1 aliphatic rings. The van der Waals surface area contributed by atoms with Crippen LogP contribution in [0.15, 0.2) is 77.5 Å². The summed E-state index contributed by atoms with van der Waals surface area (Å²) in [5.41, 5.74) is 11.0. The lowest BCUT2D eigenvalue weighted by atomic mass is 9.93. The van der Waals surface area contributed by atoms with Crippen molar-refractivity contribution in [3.8, 4) is 28.7 Å². The van der Waals surface area contributed by atoms with Crippen molar-refractivity contribution in [3.05, 3.63) is 101 Å². The minimum absolute atomic E-state index is 0.195. The largest absolute Gasteiger partial charge is 0.435 e. The van der Waals surface area contributed by atoms with Crippen molar-refractivity contribution in [3.63, 3.8) is 0 Å². The molecule has 3 aromatic heterocycles. The Labute approximate surface area is 293 Å². The second-order valence-corrected chi connectivity index (χ2v) is 14.1. The van der Waals surface area contributed by atoms with Crippen LogP contribution >= 0.6 is 0 Å². The molecule has 0 saturated carbocycles. The van der Waals surface area contributed by atoms with Gasteiger partial charge in [-0.3, -0.25) is 9.88 Å². The topological polar surface area (TPSA) is 111 Å². The third-order valence-corrected chi connectivity index (χ3v) is 10.3. The highest BCUT2D eigenvalue weighted by Crippen LogP contribution is 2.38. The molecule has 7 rings (SSSR count). The van der Waals surface area contributed by atoms with E-state index in [0.717, 1.165) is 99.4 Å². The molecule has 8 nitrogen and oxygen atoms in total. The minimum Gasteiger partial charge on any atom is -0.435 e. The lowest BCUT2D eigenvalue weighted by molar-refractivity contribution is 0.185. The van der Waals surface area contributed by atoms with Crippen molar-refractivity contribution in [2.75, 3.05) is 25.0 Å². The lowest BCUT2D eigenvalue weighted by Gasteiger charge is -2.30. The number of pyridine rings is 2. The fraction of sp³-hybridized carbons (Fsp3) is 0.333. The van der Waals surface area contributed by atoms with Crippen LogP contribution < -0.4 is 5.32 Å². The second-order valence-electron chi connectivity index (χ2n) is 14.1. The van der Waals surface area contributed by atoms with Gasteiger partial charge in [0, 0.05) is 42.2 Å². The third kappa shape index (κ3) is 6.84. The molecule has 1 atom stereocenters. The number of hydrogen-bond acceptors (Lipinski definition) is 8. The Bertz CT molecular complexity index is 2210. The SMILES string of the molecule is Cc1c(Nc2nccc3cc(CC[C@@H](C)CO)cnc23)cccc1-c1cccc(-c2nc3cc(CN4CCC(C)CC4)cc(C#N)c3o2)c1C. The Morgan fingerprint density at radius 2 is 1.74 bits per heavy atom. The van der Waals surface area contributed by atoms with Crippen LogP contribution in [0.5, 0.6) is 0 Å². The van der Waals surface area contributed by atoms with E-state index in [4.69, 9.17) is 14.4 Å². The van der Waals surface area contributed by atoms with E-state index in [0.29, 0.717) is 22.9 Å². The van der Waals surface area contributed by atoms with Gasteiger partial charge in [-0.1, -0.05) is 38.1 Å². The Hall–Kier alpha value is -5.10. The van der Waals surface area contributed by atoms with E-state index in [9.17, 15) is 10.4 Å². The summed E-state index contributed by atoms with van der Waals surface area (Å²) >= 11 is 0. The first-order chi connectivity index (χ1) is 24.3. The Kier molecular flexibility index (Phi) is 9.62. The van der Waals surface area contributed by atoms with Gasteiger partial charge in [0.15, 0.2) is 11.4 Å². The summed E-state index contributed by atoms with van der Waals surface area (Å²) in [5.74, 6) is 2.26. The van der Waals surface area contributed by atoms with E-state index in [2.05, 4.69) is 85.4 Å². The van der Waals surface area contributed by atoms with Crippen LogP contribution in [0.25, 0.3) is 44.6 Å². The van der Waals surface area contributed by atoms with Crippen LogP contribution in [0.1, 0.15) is 60.9 Å². The predicted molar refractivity (Wildman–Crippen MR) is 200 cm³/mol. The van der Waals surface area contributed by atoms with E-state index < -0.39 is 0 Å². The van der Waals surface area contributed by atoms with Gasteiger partial charge in [0.2, 0.25) is 5.89 Å². The summed E-state index contributed by atoms with van der Waals surface area (Å²) in [6.45, 7) is 11.8. The number of aryl methyl sites for hydroxylation is 1. The number of fused-ring (bicyclic) bond motifs is 2. The first-order valence-electron chi connectivity index (χ1n) is 17.7. The maximum atomic E-state index is 10.0. The number of oxazole rings is 1. The zero-order valence-electron chi connectivity index (χ0n) is 29.3. The molecule has 4 heterocycles. The zero-order chi connectivity index (χ0) is 34.8. The normalized spacial score (nSPS) is 14.6. The van der Waals surface area contributed by atoms with Crippen molar-refractivity contribution in [2.24, 2.45) is 11.8 Å². The highest BCUT2D eigenvalue weighted by Gasteiger charge is 2.20. The molecule has 0 spiro atoms. The molecular formula is C42H44N6O2. The first-order valence-corrected chi connectivity index (χ1v) is 17.7. The molecule has 1 aliphatic heterocycles. The fourth-order valence-electron chi connectivity index (χ4n) is 7.05. The monoisotopic (exact) mass is 664 g/mol. The second kappa shape index (κ2) is 14.4. The van der Waals surface area contributed by atoms with Gasteiger partial charge in [0.05, 0.1) is 5.56 Å². The van der Waals surface area contributed by atoms with E-state index in [1.54, 1.807) is 0 Å². The van der Waals surface area contributed by atoms with Gasteiger partial charge >= 0.3 is 0 Å². The summed E-state index contributed by atoms with van der Waals surface area (Å²) in [5, 5.41) is 24.0. The highest BCUT2D eigenvalue weighted by molar-refractivity contribution is 5.91. The first kappa shape index (κ1) is 33.4. The van der Waals surface area contributed by atoms with Crippen molar-refractivity contribution < 1.29 is 9.52 Å². The summed E-state index contributed by atoms with van der Waals surface area (Å²) < 4.78 is 6.34. The maximum Gasteiger partial charge on any atom is 0.227 e. The standard InChI is InChI=1S/C42H44N6O2/c1-26-14-17-48(18-15-26)24-31-20-33(22-43)40-38(21-31)47-42(50-40)36-9-5-7-34(28(36)3)35-8-6-10-37(29(35)4)46-41-39-32(13-16-44-41)19-30(23-45-39)12-11-27(2)25-49/h5-10,13,16,19-21,23,26-27,49H,11-12,14-15,17-18,24-25H2,1-4H3,(H,44,46)/t27-/m1/s1. The van der Waals surface area contributed by atoms with Gasteiger partial charge in [0.1, 0.15) is 17.1 Å². The van der Waals surface area contributed by atoms with E-state index >= 15 is 0 Å². The number of hydrogen-bond donors (Lipinski definition) is 2. The number of likely N-dealkylation sites (tertiary alicyclic amines) is 1. The molecule has 0 bridgehead atoms. The van der Waals surface area contributed by atoms with Gasteiger partial charge in [0.25, 0.3) is 0 Å². The molecule has 0 unspecified atom stereocenters. The number of rotatable bonds is 10. The fourth-order valence-corrected chi connectivity index (χ4v) is 7.05. The smallest absolute Gasteiger partial charge is 0.227 e. The molecule has 254 valence electrons. The highest BCUT2D eigenvalue weighted by atomic mass is 16.3. The zero-order valence-corrected chi connectivity index (χ0v) is 29.3. The van der Waals surface area contributed by atoms with Crippen molar-refractivity contribution in [1.29, 1.82) is 5.26 Å². The molecule has 8 heteroatoms. The Morgan fingerprint density at radius 3 is 2.52 bits per heavy atom. The molecule has 2 N–H and O–H groups in total. The number of nitrogens with zero attached hydrogens (tertiary/aromatic N) is 5. The average molecular weight is 665 g/mol. The number of aromatic nitrogens is 3. The van der Waals surface area contributed by atoms with E-state index in [1.165, 1.54) is 12.8 Å². The number of piperidine rings is 1. The Balaban J connectivity index is 1.17. The van der Waals surface area contributed by atoms with Gasteiger partial charge in [-0.15, -0.1) is 0 Å². The van der Waals surface area contributed by atoms with Gasteiger partial charge < -0.3 is 14.8 Å². The van der Waals surface area contributed by atoms with Crippen molar-refractivity contribution in [1.82, 2.24) is 19.9 Å². The summed E-state index contributed by atoms with van der Waals surface area (Å²) in [4.78, 5) is 16.8. The summed E-state index contributed by atoms with van der Waals surface area (Å²) in [6.07, 6.45) is 7.94. The molecule has 0 amide bonds. The number of benzene rings is 3. The van der Waals surface area contributed by atoms with Crippen LogP contribution in [0, 0.1) is 37.0 Å². The van der Waals surface area contributed by atoms with Crippen LogP contribution in [-0.2, 0) is 13.0 Å². The van der Waals surface area contributed by atoms with Crippen LogP contribution in [0.2, 0.25) is 0 Å². The van der Waals surface area contributed by atoms with E-state index in [-0.39, 0.29) is 12.5 Å². The number of nitriles is 1. The molecule has 1 saturated heterocycles. The van der Waals surface area contributed by atoms with E-state index in [1.807, 2.05) is 36.7 Å². The van der Waals surface area contributed by atoms with Gasteiger partial charge in [-0.05, 0) is 134 Å². The third-order valence-electron chi connectivity index (χ3n) is 10.3. The Morgan fingerprint density at radius 1 is 0.980 bits per heavy atom. The molecule has 0 radical (unpaired) electrons. The van der Waals surface area contributed by atoms with Gasteiger partial charge in [-0.2, -0.15) is 5.26 Å². The molecule has 50 heavy (non-hydrogen) atoms. The maximum absolute atomic E-state index is 10.0. The number of aliphatic hydroxyl groups excluding tert-OH is 1. The molecule has 3 aromatic carbocycles. The number of nitrogens with one attached hydrogen (secondary N) is 1. The van der Waals surface area contributed by atoms with Crippen LogP contribution in [0.4, 0.5) is 11.5 Å².